The fraction of sp³-hybridized carbons (Fsp3) is 0.346. The van der Waals surface area contributed by atoms with Crippen LogP contribution in [-0.2, 0) is 16.0 Å². The van der Waals surface area contributed by atoms with Gasteiger partial charge in [-0.2, -0.15) is 4.98 Å². The number of halogens is 1. The first-order valence-corrected chi connectivity index (χ1v) is 11.6. The highest BCUT2D eigenvalue weighted by atomic mass is 19.1. The summed E-state index contributed by atoms with van der Waals surface area (Å²) in [5.41, 5.74) is 3.21. The van der Waals surface area contributed by atoms with Crippen molar-refractivity contribution in [3.63, 3.8) is 0 Å². The second-order valence-corrected chi connectivity index (χ2v) is 8.11. The Hall–Kier alpha value is -3.68. The second-order valence-electron chi connectivity index (χ2n) is 8.11. The first kappa shape index (κ1) is 23.5. The molecule has 1 N–H and O–H groups in total. The number of nitrogens with zero attached hydrogens (tertiary/aromatic N) is 3. The van der Waals surface area contributed by atoms with Gasteiger partial charge in [-0.15, -0.1) is 0 Å². The summed E-state index contributed by atoms with van der Waals surface area (Å²) in [6, 6.07) is 14.3. The highest BCUT2D eigenvalue weighted by Gasteiger charge is 2.25. The maximum atomic E-state index is 13.2. The molecule has 3 aromatic rings. The van der Waals surface area contributed by atoms with Crippen molar-refractivity contribution in [3.8, 4) is 5.75 Å². The van der Waals surface area contributed by atoms with E-state index in [1.165, 1.54) is 23.3 Å². The molecule has 0 aliphatic carbocycles. The van der Waals surface area contributed by atoms with Crippen molar-refractivity contribution in [1.29, 1.82) is 0 Å². The lowest BCUT2D eigenvalue weighted by molar-refractivity contribution is -0.143. The van der Waals surface area contributed by atoms with Gasteiger partial charge in [0, 0.05) is 24.8 Å². The van der Waals surface area contributed by atoms with Gasteiger partial charge >= 0.3 is 5.97 Å². The first-order valence-electron chi connectivity index (χ1n) is 11.6. The molecule has 0 fully saturated rings. The maximum Gasteiger partial charge on any atom is 0.305 e. The van der Waals surface area contributed by atoms with Crippen LogP contribution in [0.1, 0.15) is 43.9 Å². The number of carbonyl (C=O) groups excluding carboxylic acids is 1. The summed E-state index contributed by atoms with van der Waals surface area (Å²) in [4.78, 5) is 22.7. The van der Waals surface area contributed by atoms with E-state index in [4.69, 9.17) is 9.47 Å². The number of carbonyl (C=O) groups is 1. The lowest BCUT2D eigenvalue weighted by atomic mass is 9.93. The summed E-state index contributed by atoms with van der Waals surface area (Å²) in [5, 5.41) is 3.13. The fourth-order valence-electron chi connectivity index (χ4n) is 4.07. The summed E-state index contributed by atoms with van der Waals surface area (Å²) < 4.78 is 24.0. The van der Waals surface area contributed by atoms with E-state index in [1.807, 2.05) is 12.1 Å². The Bertz CT molecular complexity index is 1120. The van der Waals surface area contributed by atoms with Crippen molar-refractivity contribution in [2.75, 3.05) is 30.0 Å². The predicted octanol–water partition coefficient (Wildman–Crippen LogP) is 5.21. The minimum Gasteiger partial charge on any atom is -0.494 e. The molecule has 1 aliphatic heterocycles. The number of aromatic nitrogens is 2. The predicted molar refractivity (Wildman–Crippen MR) is 129 cm³/mol. The number of fused-ring (bicyclic) bond motifs is 1. The number of ether oxygens (including phenoxy) is 2. The van der Waals surface area contributed by atoms with Crippen LogP contribution in [0.5, 0.6) is 5.75 Å². The van der Waals surface area contributed by atoms with Gasteiger partial charge in [0.05, 0.1) is 19.3 Å². The Morgan fingerprint density at radius 3 is 2.82 bits per heavy atom. The zero-order valence-electron chi connectivity index (χ0n) is 19.5. The molecule has 0 radical (unpaired) electrons. The summed E-state index contributed by atoms with van der Waals surface area (Å²) in [6.45, 7) is 5.64. The van der Waals surface area contributed by atoms with Crippen LogP contribution in [0.15, 0.2) is 54.7 Å². The molecule has 34 heavy (non-hydrogen) atoms. The van der Waals surface area contributed by atoms with Crippen LogP contribution >= 0.6 is 0 Å². The van der Waals surface area contributed by atoms with Gasteiger partial charge in [-0.1, -0.05) is 6.07 Å². The number of nitrogens with one attached hydrogen (secondary N) is 1. The van der Waals surface area contributed by atoms with E-state index in [1.54, 1.807) is 25.3 Å². The molecule has 0 saturated heterocycles. The summed E-state index contributed by atoms with van der Waals surface area (Å²) >= 11 is 0. The average Bonchev–Trinajstić information content (AvgIpc) is 2.84. The van der Waals surface area contributed by atoms with E-state index in [0.29, 0.717) is 32.0 Å². The fourth-order valence-corrected chi connectivity index (χ4v) is 4.07. The van der Waals surface area contributed by atoms with Gasteiger partial charge in [-0.25, -0.2) is 9.37 Å². The normalized spacial score (nSPS) is 14.9. The maximum absolute atomic E-state index is 13.2. The second kappa shape index (κ2) is 11.0. The van der Waals surface area contributed by atoms with Crippen molar-refractivity contribution in [1.82, 2.24) is 9.97 Å². The third kappa shape index (κ3) is 5.81. The monoisotopic (exact) mass is 464 g/mol. The zero-order valence-corrected chi connectivity index (χ0v) is 19.5. The topological polar surface area (TPSA) is 76.6 Å². The van der Waals surface area contributed by atoms with Crippen molar-refractivity contribution in [3.05, 3.63) is 71.7 Å². The van der Waals surface area contributed by atoms with Crippen molar-refractivity contribution in [2.45, 2.75) is 39.2 Å². The number of rotatable bonds is 9. The summed E-state index contributed by atoms with van der Waals surface area (Å²) in [5.74, 6) is 1.58. The van der Waals surface area contributed by atoms with Crippen LogP contribution < -0.4 is 15.0 Å². The van der Waals surface area contributed by atoms with Crippen LogP contribution in [0, 0.1) is 5.82 Å². The lowest BCUT2D eigenvalue weighted by Crippen LogP contribution is -2.34. The number of hydrogen-bond donors (Lipinski definition) is 1. The van der Waals surface area contributed by atoms with E-state index in [0.717, 1.165) is 30.2 Å². The quantitative estimate of drug-likeness (QED) is 0.344. The molecule has 0 spiro atoms. The molecular formula is C26H29FN4O3. The van der Waals surface area contributed by atoms with Gasteiger partial charge in [0.25, 0.3) is 0 Å². The van der Waals surface area contributed by atoms with Gasteiger partial charge in [-0.05, 0) is 80.3 Å². The molecule has 8 heteroatoms. The largest absolute Gasteiger partial charge is 0.494 e. The Labute approximate surface area is 198 Å². The van der Waals surface area contributed by atoms with Crippen molar-refractivity contribution >= 4 is 23.4 Å². The van der Waals surface area contributed by atoms with E-state index in [2.05, 4.69) is 39.2 Å². The molecule has 7 nitrogen and oxygen atoms in total. The van der Waals surface area contributed by atoms with E-state index < -0.39 is 0 Å². The molecule has 2 aromatic carbocycles. The standard InChI is InChI=1S/C26H29FN4O3/c1-3-33-25(32)5-4-16-34-22-11-6-19-13-15-31(18(2)23(19)17-22)24-12-14-28-26(30-24)29-21-9-7-20(27)8-10-21/h6-12,14,17-18H,3-5,13,15-16H2,1-2H3,(H,28,29,30). The molecule has 1 atom stereocenters. The molecule has 1 aliphatic rings. The molecule has 1 unspecified atom stereocenters. The van der Waals surface area contributed by atoms with Gasteiger partial charge in [-0.3, -0.25) is 4.79 Å². The molecule has 1 aromatic heterocycles. The summed E-state index contributed by atoms with van der Waals surface area (Å²) in [7, 11) is 0. The number of anilines is 3. The highest BCUT2D eigenvalue weighted by Crippen LogP contribution is 2.35. The third-order valence-corrected chi connectivity index (χ3v) is 5.79. The Kier molecular flexibility index (Phi) is 7.57. The molecule has 0 amide bonds. The van der Waals surface area contributed by atoms with Gasteiger partial charge in [0.2, 0.25) is 5.95 Å². The first-order chi connectivity index (χ1) is 16.5. The lowest BCUT2D eigenvalue weighted by Gasteiger charge is -2.36. The van der Waals surface area contributed by atoms with E-state index in [9.17, 15) is 9.18 Å². The van der Waals surface area contributed by atoms with Crippen LogP contribution in [0.25, 0.3) is 0 Å². The Morgan fingerprint density at radius 1 is 1.21 bits per heavy atom. The van der Waals surface area contributed by atoms with E-state index >= 15 is 0 Å². The number of hydrogen-bond acceptors (Lipinski definition) is 7. The molecule has 0 bridgehead atoms. The molecule has 178 valence electrons. The molecule has 0 saturated carbocycles. The van der Waals surface area contributed by atoms with Crippen molar-refractivity contribution in [2.24, 2.45) is 0 Å². The summed E-state index contributed by atoms with van der Waals surface area (Å²) in [6.07, 6.45) is 3.58. The van der Waals surface area contributed by atoms with Crippen LogP contribution in [0.2, 0.25) is 0 Å². The van der Waals surface area contributed by atoms with Crippen LogP contribution in [0.4, 0.5) is 21.8 Å². The van der Waals surface area contributed by atoms with Gasteiger partial charge in [0.1, 0.15) is 17.4 Å². The smallest absolute Gasteiger partial charge is 0.305 e. The van der Waals surface area contributed by atoms with Crippen LogP contribution in [0.3, 0.4) is 0 Å². The van der Waals surface area contributed by atoms with Crippen LogP contribution in [-0.4, -0.2) is 35.7 Å². The number of benzene rings is 2. The zero-order chi connectivity index (χ0) is 23.9. The minimum absolute atomic E-state index is 0.0976. The Morgan fingerprint density at radius 2 is 2.03 bits per heavy atom. The number of esters is 1. The SMILES string of the molecule is CCOC(=O)CCCOc1ccc2c(c1)C(C)N(c1ccnc(Nc3ccc(F)cc3)n1)CC2. The van der Waals surface area contributed by atoms with Gasteiger partial charge in [0.15, 0.2) is 0 Å². The van der Waals surface area contributed by atoms with Crippen molar-refractivity contribution < 1.29 is 18.7 Å². The average molecular weight is 465 g/mol. The van der Waals surface area contributed by atoms with Gasteiger partial charge < -0.3 is 19.7 Å². The Balaban J connectivity index is 1.42. The molecule has 4 rings (SSSR count). The molecular weight excluding hydrogens is 435 g/mol. The van der Waals surface area contributed by atoms with E-state index in [-0.39, 0.29) is 17.8 Å². The molecule has 2 heterocycles. The minimum atomic E-state index is -0.289. The highest BCUT2D eigenvalue weighted by molar-refractivity contribution is 5.69. The third-order valence-electron chi connectivity index (χ3n) is 5.79.